The molecule has 6 rings (SSSR count). The van der Waals surface area contributed by atoms with Gasteiger partial charge < -0.3 is 26.0 Å². The Morgan fingerprint density at radius 3 is 2.33 bits per heavy atom. The number of carboxylic acids is 1. The molecule has 46 heavy (non-hydrogen) atoms. The summed E-state index contributed by atoms with van der Waals surface area (Å²) in [5.74, 6) is -3.09. The van der Waals surface area contributed by atoms with Crippen molar-refractivity contribution >= 4 is 40.9 Å². The molecular weight excluding hydrogens is 622 g/mol. The van der Waals surface area contributed by atoms with Crippen molar-refractivity contribution in [3.8, 4) is 34.7 Å². The van der Waals surface area contributed by atoms with E-state index in [1.807, 2.05) is 0 Å². The number of aromatic nitrogens is 4. The fourth-order valence-corrected chi connectivity index (χ4v) is 4.64. The number of halogens is 1. The number of hydrogen-bond acceptors (Lipinski definition) is 12. The minimum Gasteiger partial charge on any atom is -0.480 e. The topological polar surface area (TPSA) is 267 Å². The summed E-state index contributed by atoms with van der Waals surface area (Å²) in [4.78, 5) is 76.7. The summed E-state index contributed by atoms with van der Waals surface area (Å²) in [6.45, 7) is -1.07. The minimum atomic E-state index is -1.19. The van der Waals surface area contributed by atoms with Gasteiger partial charge >= 0.3 is 5.97 Å². The number of carbonyl (C=O) groups excluding carboxylic acids is 3. The van der Waals surface area contributed by atoms with Gasteiger partial charge in [0.05, 0.1) is 5.69 Å². The predicted octanol–water partition coefficient (Wildman–Crippen LogP) is 0.904. The predicted molar refractivity (Wildman–Crippen MR) is 156 cm³/mol. The van der Waals surface area contributed by atoms with Crippen LogP contribution in [0.15, 0.2) is 52.4 Å². The van der Waals surface area contributed by atoms with E-state index in [0.717, 1.165) is 0 Å². The summed E-state index contributed by atoms with van der Waals surface area (Å²) in [5, 5.41) is 32.9. The minimum absolute atomic E-state index is 0.0865. The number of nitrogens with two attached hydrogens (primary N) is 1. The molecule has 17 heteroatoms. The fourth-order valence-electron chi connectivity index (χ4n) is 4.47. The van der Waals surface area contributed by atoms with Crippen LogP contribution < -0.4 is 16.6 Å². The number of H-pyrrole nitrogens is 1. The van der Waals surface area contributed by atoms with Crippen molar-refractivity contribution < 1.29 is 29.1 Å². The molecule has 0 fully saturated rings. The Labute approximate surface area is 261 Å². The van der Waals surface area contributed by atoms with Crippen LogP contribution in [0.3, 0.4) is 0 Å². The lowest BCUT2D eigenvalue weighted by molar-refractivity contribution is -0.138. The quantitative estimate of drug-likeness (QED) is 0.185. The van der Waals surface area contributed by atoms with E-state index < -0.39 is 36.5 Å². The highest BCUT2D eigenvalue weighted by Crippen LogP contribution is 2.36. The Morgan fingerprint density at radius 2 is 1.65 bits per heavy atom. The Balaban J connectivity index is 0.000000198. The molecule has 5 N–H and O–H groups in total. The molecule has 16 nitrogen and oxygen atoms in total. The maximum Gasteiger partial charge on any atom is 0.322 e. The van der Waals surface area contributed by atoms with Crippen LogP contribution in [-0.4, -0.2) is 67.5 Å². The van der Waals surface area contributed by atoms with E-state index in [0.29, 0.717) is 38.7 Å². The zero-order valence-electron chi connectivity index (χ0n) is 23.0. The first kappa shape index (κ1) is 30.7. The van der Waals surface area contributed by atoms with Gasteiger partial charge in [-0.2, -0.15) is 10.5 Å². The van der Waals surface area contributed by atoms with E-state index in [4.69, 9.17) is 32.5 Å². The number of nitrogens with one attached hydrogen (secondary N) is 2. The molecule has 226 valence electrons. The number of nitrogens with zero attached hydrogens (tertiary/aromatic N) is 6. The molecule has 2 aliphatic rings. The first-order valence-electron chi connectivity index (χ1n) is 12.8. The number of primary amides is 1. The summed E-state index contributed by atoms with van der Waals surface area (Å²) in [6, 6.07) is 15.1. The molecule has 2 amide bonds. The highest BCUT2D eigenvalue weighted by atomic mass is 35.5. The number of oxime groups is 1. The van der Waals surface area contributed by atoms with Gasteiger partial charge in [0.1, 0.15) is 41.5 Å². The number of ketones is 1. The van der Waals surface area contributed by atoms with Gasteiger partial charge in [-0.1, -0.05) is 47.1 Å². The molecular formula is C29H16ClN9O7. The maximum absolute atomic E-state index is 12.1. The molecule has 2 heterocycles. The van der Waals surface area contributed by atoms with Crippen LogP contribution in [0.5, 0.6) is 0 Å². The lowest BCUT2D eigenvalue weighted by Gasteiger charge is -2.04. The Hall–Kier alpha value is -6.78. The third kappa shape index (κ3) is 5.74. The van der Waals surface area contributed by atoms with Crippen molar-refractivity contribution in [3.05, 3.63) is 97.4 Å². The van der Waals surface area contributed by atoms with Gasteiger partial charge in [0.15, 0.2) is 18.0 Å². The van der Waals surface area contributed by atoms with Crippen molar-refractivity contribution in [3.63, 3.8) is 0 Å². The molecule has 0 saturated heterocycles. The van der Waals surface area contributed by atoms with Crippen LogP contribution in [0.2, 0.25) is 5.02 Å². The van der Waals surface area contributed by atoms with Crippen LogP contribution in [0.1, 0.15) is 49.2 Å². The number of fused-ring (bicyclic) bond motifs is 6. The van der Waals surface area contributed by atoms with Gasteiger partial charge in [-0.25, -0.2) is 15.0 Å². The number of nitriles is 2. The van der Waals surface area contributed by atoms with Crippen molar-refractivity contribution in [2.45, 2.75) is 0 Å². The largest absolute Gasteiger partial charge is 0.480 e. The average Bonchev–Trinajstić information content (AvgIpc) is 3.49. The number of carboxylic acid groups (broad SMARTS) is 1. The number of benzene rings is 2. The second kappa shape index (κ2) is 12.4. The molecule has 0 radical (unpaired) electrons. The van der Waals surface area contributed by atoms with Crippen LogP contribution in [-0.2, 0) is 14.4 Å². The first-order chi connectivity index (χ1) is 22.0. The van der Waals surface area contributed by atoms with Crippen molar-refractivity contribution in [2.75, 3.05) is 13.2 Å². The van der Waals surface area contributed by atoms with Gasteiger partial charge in [0.25, 0.3) is 17.4 Å². The molecule has 0 atom stereocenters. The van der Waals surface area contributed by atoms with E-state index in [1.54, 1.807) is 48.5 Å². The summed E-state index contributed by atoms with van der Waals surface area (Å²) in [6.07, 6.45) is 0. The number of rotatable bonds is 6. The summed E-state index contributed by atoms with van der Waals surface area (Å²) < 4.78 is 0. The van der Waals surface area contributed by atoms with Gasteiger partial charge in [-0.3, -0.25) is 24.0 Å². The average molecular weight is 638 g/mol. The van der Waals surface area contributed by atoms with Crippen LogP contribution in [0.4, 0.5) is 0 Å². The molecule has 0 unspecified atom stereocenters. The molecule has 0 aliphatic heterocycles. The number of hydrogen-bond donors (Lipinski definition) is 4. The zero-order valence-corrected chi connectivity index (χ0v) is 23.7. The Morgan fingerprint density at radius 1 is 0.957 bits per heavy atom. The number of amides is 2. The molecule has 2 aromatic carbocycles. The molecule has 0 spiro atoms. The summed E-state index contributed by atoms with van der Waals surface area (Å²) in [7, 11) is 0. The van der Waals surface area contributed by atoms with Crippen LogP contribution in [0, 0.1) is 22.7 Å². The SMILES string of the molecule is N#Cc1nc2c([nH]c1=O)-c1ccc(Cl)cc1C2=O.N#Cc1nc2c(nc1C(N)=O)-c1ccccc1C2=NOCC(=O)NCC(=O)O. The number of aliphatic carboxylic acids is 1. The molecule has 0 bridgehead atoms. The maximum atomic E-state index is 12.1. The van der Waals surface area contributed by atoms with Crippen LogP contribution in [0.25, 0.3) is 22.5 Å². The number of aromatic amines is 1. The first-order valence-corrected chi connectivity index (χ1v) is 13.2. The van der Waals surface area contributed by atoms with Crippen molar-refractivity contribution in [1.29, 1.82) is 10.5 Å². The van der Waals surface area contributed by atoms with Gasteiger partial charge in [0.2, 0.25) is 11.5 Å². The van der Waals surface area contributed by atoms with E-state index in [1.165, 1.54) is 6.07 Å². The highest BCUT2D eigenvalue weighted by molar-refractivity contribution is 6.32. The lowest BCUT2D eigenvalue weighted by atomic mass is 10.1. The smallest absolute Gasteiger partial charge is 0.322 e. The Kier molecular flexibility index (Phi) is 8.30. The summed E-state index contributed by atoms with van der Waals surface area (Å²) >= 11 is 5.82. The van der Waals surface area contributed by atoms with E-state index in [9.17, 15) is 29.2 Å². The Bertz CT molecular complexity index is 2180. The monoisotopic (exact) mass is 637 g/mol. The third-order valence-electron chi connectivity index (χ3n) is 6.42. The highest BCUT2D eigenvalue weighted by Gasteiger charge is 2.32. The molecule has 4 aromatic rings. The second-order valence-electron chi connectivity index (χ2n) is 9.29. The normalized spacial score (nSPS) is 12.3. The van der Waals surface area contributed by atoms with Crippen molar-refractivity contribution in [2.24, 2.45) is 10.9 Å². The molecule has 2 aliphatic carbocycles. The van der Waals surface area contributed by atoms with Crippen molar-refractivity contribution in [1.82, 2.24) is 25.3 Å². The van der Waals surface area contributed by atoms with Gasteiger partial charge in [-0.15, -0.1) is 0 Å². The summed E-state index contributed by atoms with van der Waals surface area (Å²) in [5.41, 5.74) is 7.13. The molecule has 0 saturated carbocycles. The zero-order chi connectivity index (χ0) is 33.1. The van der Waals surface area contributed by atoms with Gasteiger partial charge in [-0.05, 0) is 12.1 Å². The van der Waals surface area contributed by atoms with Crippen LogP contribution >= 0.6 is 11.6 Å². The molecule has 2 aromatic heterocycles. The van der Waals surface area contributed by atoms with Gasteiger partial charge in [0, 0.05) is 27.3 Å². The van der Waals surface area contributed by atoms with E-state index >= 15 is 0 Å². The second-order valence-corrected chi connectivity index (χ2v) is 9.73. The van der Waals surface area contributed by atoms with E-state index in [2.05, 4.69) is 30.4 Å². The third-order valence-corrected chi connectivity index (χ3v) is 6.65. The lowest BCUT2D eigenvalue weighted by Crippen LogP contribution is -2.31. The van der Waals surface area contributed by atoms with E-state index in [-0.39, 0.29) is 40.0 Å². The standard InChI is InChI=1S/C17H12N6O5.C12H4ClN3O2/c18-5-10-15(17(19)27)22-13-8-3-1-2-4-9(8)14(16(13)21-10)23-28-7-11(24)20-6-12(25)26;13-5-1-2-6-7(3-5)11(17)10-9(6)16-12(18)8(4-14)15-10/h1-4H,6-7H2,(H2,19,27)(H,20,24)(H,25,26);1-3H,(H,16,18). The fraction of sp³-hybridized carbons (Fsp3) is 0.0690. The number of carbonyl (C=O) groups is 4.